The van der Waals surface area contributed by atoms with Crippen molar-refractivity contribution in [2.45, 2.75) is 42.4 Å². The summed E-state index contributed by atoms with van der Waals surface area (Å²) in [7, 11) is 2.10. The number of benzene rings is 1. The number of aromatic nitrogens is 1. The van der Waals surface area contributed by atoms with E-state index >= 15 is 0 Å². The van der Waals surface area contributed by atoms with E-state index < -0.39 is 11.0 Å². The Morgan fingerprint density at radius 3 is 3.04 bits per heavy atom. The number of ether oxygens (including phenoxy) is 1. The number of rotatable bonds is 0. The molecule has 2 aromatic rings. The number of phenols is 1. The van der Waals surface area contributed by atoms with Gasteiger partial charge in [-0.3, -0.25) is 4.98 Å². The Morgan fingerprint density at radius 1 is 1.28 bits per heavy atom. The highest BCUT2D eigenvalue weighted by Crippen LogP contribution is 2.68. The Balaban J connectivity index is 1.74. The third-order valence-electron chi connectivity index (χ3n) is 7.11. The van der Waals surface area contributed by atoms with Gasteiger partial charge in [0, 0.05) is 24.2 Å². The second-order valence-electron chi connectivity index (χ2n) is 8.02. The van der Waals surface area contributed by atoms with E-state index in [1.165, 1.54) is 5.56 Å². The first-order valence-electron chi connectivity index (χ1n) is 8.94. The summed E-state index contributed by atoms with van der Waals surface area (Å²) in [6.07, 6.45) is 3.63. The van der Waals surface area contributed by atoms with Crippen molar-refractivity contribution in [3.8, 4) is 11.5 Å². The Bertz CT molecular complexity index is 929. The van der Waals surface area contributed by atoms with Crippen molar-refractivity contribution in [3.05, 3.63) is 52.8 Å². The molecule has 6 rings (SSSR count). The van der Waals surface area contributed by atoms with E-state index in [0.717, 1.165) is 36.2 Å². The molecular formula is C20H20N2O3. The molecule has 5 heteroatoms. The average Bonchev–Trinajstić information content (AvgIpc) is 2.95. The molecule has 0 unspecified atom stereocenters. The maximum atomic E-state index is 12.1. The van der Waals surface area contributed by atoms with Crippen LogP contribution >= 0.6 is 0 Å². The van der Waals surface area contributed by atoms with Gasteiger partial charge in [-0.2, -0.15) is 0 Å². The lowest BCUT2D eigenvalue weighted by Crippen LogP contribution is -2.73. The SMILES string of the molecule is CN1CC[C@]23c4c5ccc(O)c4O[C@H]2c2ncccc2C[C@@]3(O)[C@H]1C5. The first-order chi connectivity index (χ1) is 12.1. The Hall–Kier alpha value is -2.11. The highest BCUT2D eigenvalue weighted by atomic mass is 16.5. The van der Waals surface area contributed by atoms with Crippen LogP contribution in [-0.2, 0) is 18.3 Å². The van der Waals surface area contributed by atoms with Gasteiger partial charge in [-0.1, -0.05) is 12.1 Å². The van der Waals surface area contributed by atoms with E-state index in [2.05, 4.69) is 16.9 Å². The third kappa shape index (κ3) is 1.36. The minimum atomic E-state index is -0.910. The normalized spacial score (nSPS) is 37.2. The van der Waals surface area contributed by atoms with Crippen LogP contribution in [0, 0.1) is 0 Å². The van der Waals surface area contributed by atoms with Crippen LogP contribution in [0.4, 0.5) is 0 Å². The van der Waals surface area contributed by atoms with Gasteiger partial charge in [-0.25, -0.2) is 0 Å². The van der Waals surface area contributed by atoms with Crippen LogP contribution in [0.5, 0.6) is 11.5 Å². The van der Waals surface area contributed by atoms with Crippen LogP contribution in [0.1, 0.15) is 34.9 Å². The van der Waals surface area contributed by atoms with Crippen LogP contribution in [0.15, 0.2) is 30.5 Å². The molecule has 0 radical (unpaired) electrons. The predicted molar refractivity (Wildman–Crippen MR) is 90.8 cm³/mol. The zero-order chi connectivity index (χ0) is 17.0. The molecule has 4 atom stereocenters. The Kier molecular flexibility index (Phi) is 2.35. The van der Waals surface area contributed by atoms with Gasteiger partial charge in [0.15, 0.2) is 17.6 Å². The number of aliphatic hydroxyl groups is 1. The molecule has 1 aromatic carbocycles. The highest BCUT2D eigenvalue weighted by Gasteiger charge is 2.72. The van der Waals surface area contributed by atoms with E-state index in [-0.39, 0.29) is 17.9 Å². The lowest BCUT2D eigenvalue weighted by atomic mass is 9.49. The monoisotopic (exact) mass is 336 g/mol. The lowest BCUT2D eigenvalue weighted by molar-refractivity contribution is -0.168. The molecule has 2 aliphatic carbocycles. The van der Waals surface area contributed by atoms with Crippen LogP contribution < -0.4 is 4.74 Å². The molecule has 1 aromatic heterocycles. The van der Waals surface area contributed by atoms with Crippen molar-refractivity contribution >= 4 is 0 Å². The van der Waals surface area contributed by atoms with Crippen molar-refractivity contribution < 1.29 is 14.9 Å². The number of likely N-dealkylation sites (tertiary alicyclic amines) is 1. The summed E-state index contributed by atoms with van der Waals surface area (Å²) < 4.78 is 6.35. The summed E-state index contributed by atoms with van der Waals surface area (Å²) in [5.41, 5.74) is 2.76. The van der Waals surface area contributed by atoms with Gasteiger partial charge in [0.1, 0.15) is 0 Å². The highest BCUT2D eigenvalue weighted by molar-refractivity contribution is 5.64. The fourth-order valence-corrected chi connectivity index (χ4v) is 6.05. The molecule has 0 saturated carbocycles. The van der Waals surface area contributed by atoms with Gasteiger partial charge in [-0.05, 0) is 49.7 Å². The number of hydrogen-bond donors (Lipinski definition) is 2. The van der Waals surface area contributed by atoms with Crippen molar-refractivity contribution in [2.75, 3.05) is 13.6 Å². The predicted octanol–water partition coefficient (Wildman–Crippen LogP) is 1.71. The third-order valence-corrected chi connectivity index (χ3v) is 7.11. The summed E-state index contributed by atoms with van der Waals surface area (Å²) in [6.45, 7) is 0.906. The van der Waals surface area contributed by atoms with Crippen molar-refractivity contribution in [1.29, 1.82) is 0 Å². The van der Waals surface area contributed by atoms with Gasteiger partial charge in [0.2, 0.25) is 0 Å². The molecule has 1 fully saturated rings. The number of nitrogens with zero attached hydrogens (tertiary/aromatic N) is 2. The molecule has 4 aliphatic rings. The Labute approximate surface area is 145 Å². The number of phenolic OH excluding ortho intramolecular Hbond substituents is 1. The maximum absolute atomic E-state index is 12.1. The zero-order valence-corrected chi connectivity index (χ0v) is 14.1. The second-order valence-corrected chi connectivity index (χ2v) is 8.02. The molecule has 3 heterocycles. The molecule has 25 heavy (non-hydrogen) atoms. The zero-order valence-electron chi connectivity index (χ0n) is 14.1. The maximum Gasteiger partial charge on any atom is 0.166 e. The molecule has 0 amide bonds. The van der Waals surface area contributed by atoms with Gasteiger partial charge in [-0.15, -0.1) is 0 Å². The van der Waals surface area contributed by atoms with Crippen LogP contribution in [0.25, 0.3) is 0 Å². The Morgan fingerprint density at radius 2 is 2.16 bits per heavy atom. The van der Waals surface area contributed by atoms with Crippen molar-refractivity contribution in [1.82, 2.24) is 9.88 Å². The molecule has 2 aliphatic heterocycles. The number of hydrogen-bond acceptors (Lipinski definition) is 5. The van der Waals surface area contributed by atoms with Gasteiger partial charge >= 0.3 is 0 Å². The minimum Gasteiger partial charge on any atom is -0.504 e. The number of likely N-dealkylation sites (N-methyl/N-ethyl adjacent to an activating group) is 1. The molecule has 1 spiro atoms. The smallest absolute Gasteiger partial charge is 0.166 e. The summed E-state index contributed by atoms with van der Waals surface area (Å²) in [6, 6.07) is 7.74. The summed E-state index contributed by atoms with van der Waals surface area (Å²) in [5, 5.41) is 22.5. The van der Waals surface area contributed by atoms with E-state index in [1.807, 2.05) is 18.2 Å². The first kappa shape index (κ1) is 14.1. The fraction of sp³-hybridized carbons (Fsp3) is 0.450. The molecular weight excluding hydrogens is 316 g/mol. The number of fused-ring (bicyclic) bond motifs is 2. The van der Waals surface area contributed by atoms with E-state index in [1.54, 1.807) is 12.3 Å². The molecule has 2 bridgehead atoms. The van der Waals surface area contributed by atoms with Crippen molar-refractivity contribution in [3.63, 3.8) is 0 Å². The number of aromatic hydroxyl groups is 1. The van der Waals surface area contributed by atoms with Crippen molar-refractivity contribution in [2.24, 2.45) is 0 Å². The lowest BCUT2D eigenvalue weighted by Gasteiger charge is -2.62. The summed E-state index contributed by atoms with van der Waals surface area (Å²) in [4.78, 5) is 6.91. The van der Waals surface area contributed by atoms with Crippen LogP contribution in [0.3, 0.4) is 0 Å². The minimum absolute atomic E-state index is 0.0451. The van der Waals surface area contributed by atoms with E-state index in [0.29, 0.717) is 12.2 Å². The summed E-state index contributed by atoms with van der Waals surface area (Å²) in [5.74, 6) is 0.724. The largest absolute Gasteiger partial charge is 0.504 e. The van der Waals surface area contributed by atoms with Crippen LogP contribution in [-0.4, -0.2) is 45.3 Å². The topological polar surface area (TPSA) is 65.8 Å². The molecule has 5 nitrogen and oxygen atoms in total. The number of pyridine rings is 1. The molecule has 2 N–H and O–H groups in total. The molecule has 128 valence electrons. The standard InChI is InChI=1S/C20H20N2O3/c1-22-8-6-19-15-11-4-5-13(23)17(15)25-18(19)16-12(3-2-7-21-16)10-20(19,24)14(22)9-11/h2-5,7,14,18,23-24H,6,8-10H2,1H3/t14-,18+,19+,20-/m1/s1. The average molecular weight is 336 g/mol. The van der Waals surface area contributed by atoms with Gasteiger partial charge in [0.05, 0.1) is 16.7 Å². The van der Waals surface area contributed by atoms with Crippen LogP contribution in [0.2, 0.25) is 0 Å². The van der Waals surface area contributed by atoms with Gasteiger partial charge in [0.25, 0.3) is 0 Å². The number of piperidine rings is 1. The first-order valence-corrected chi connectivity index (χ1v) is 8.94. The van der Waals surface area contributed by atoms with E-state index in [9.17, 15) is 10.2 Å². The van der Waals surface area contributed by atoms with Gasteiger partial charge < -0.3 is 19.8 Å². The van der Waals surface area contributed by atoms with E-state index in [4.69, 9.17) is 4.74 Å². The summed E-state index contributed by atoms with van der Waals surface area (Å²) >= 11 is 0. The quantitative estimate of drug-likeness (QED) is 0.767. The molecule has 1 saturated heterocycles. The fourth-order valence-electron chi connectivity index (χ4n) is 6.05. The second kappa shape index (κ2) is 4.17.